The van der Waals surface area contributed by atoms with E-state index in [1.807, 2.05) is 0 Å². The number of carbonyl (C=O) groups is 4. The van der Waals surface area contributed by atoms with E-state index >= 15 is 0 Å². The van der Waals surface area contributed by atoms with E-state index in [-0.39, 0.29) is 25.7 Å². The Labute approximate surface area is 631 Å². The van der Waals surface area contributed by atoms with Crippen LogP contribution in [-0.4, -0.2) is 147 Å². The van der Waals surface area contributed by atoms with E-state index in [2.05, 4.69) is 38.3 Å². The van der Waals surface area contributed by atoms with Crippen LogP contribution in [0.4, 0.5) is 0 Å². The van der Waals surface area contributed by atoms with Gasteiger partial charge in [-0.2, -0.15) is 0 Å². The number of esters is 2. The van der Waals surface area contributed by atoms with Crippen molar-refractivity contribution < 1.29 is 92.4 Å². The smallest absolute Gasteiger partial charge is 0.308 e. The molecule has 0 bridgehead atoms. The predicted octanol–water partition coefficient (Wildman–Crippen LogP) is 16.0. The van der Waals surface area contributed by atoms with E-state index in [9.17, 15) is 64.2 Å². The van der Waals surface area contributed by atoms with Crippen molar-refractivity contribution in [2.45, 2.75) is 486 Å². The number of aliphatic hydroxyl groups is 6. The summed E-state index contributed by atoms with van der Waals surface area (Å²) in [5, 5.41) is 72.5. The van der Waals surface area contributed by atoms with E-state index in [1.165, 1.54) is 212 Å². The molecule has 2 aliphatic rings. The summed E-state index contributed by atoms with van der Waals surface area (Å²) in [6.45, 7) is 7.22. The molecule has 2 aliphatic heterocycles. The molecule has 13 atom stereocenters. The van der Waals surface area contributed by atoms with Crippen LogP contribution >= 0.6 is 7.82 Å². The Hall–Kier alpha value is -2.37. The van der Waals surface area contributed by atoms with Crippen molar-refractivity contribution in [2.75, 3.05) is 13.2 Å². The van der Waals surface area contributed by atoms with Gasteiger partial charge in [0.15, 0.2) is 18.7 Å². The molecular weight excluding hydrogens is 1350 g/mol. The van der Waals surface area contributed by atoms with Gasteiger partial charge in [-0.05, 0) is 32.1 Å². The SMILES string of the molecule is CCCCCCCCCCCCCCCC(=O)O[C@H](CCCCCCCCCCCCCCC)CC(=O)N[C@H]1[C@H](OC[C@H]2O[C@H](OP(=O)([O-])[O-])[C@H](NC(=O)C[C@H](O)CCCCCCCCCCCCCCC)[C@@H](OC(=O)C[C@H](O)CCCCCCCCCCCCCCC)[C@@H]2O)O[C@H](CO)[C@@H](O)[C@@H]1O. The molecule has 0 saturated carbocycles. The van der Waals surface area contributed by atoms with Crippen molar-refractivity contribution in [1.29, 1.82) is 0 Å². The van der Waals surface area contributed by atoms with E-state index in [4.69, 9.17) is 28.2 Å². The first-order valence-corrected chi connectivity index (χ1v) is 44.4. The van der Waals surface area contributed by atoms with Gasteiger partial charge >= 0.3 is 11.9 Å². The maximum absolute atomic E-state index is 14.2. The number of hydrogen-bond acceptors (Lipinski definition) is 19. The fraction of sp³-hybridized carbons (Fsp3) is 0.951. The Morgan fingerprint density at radius 3 is 1.12 bits per heavy atom. The van der Waals surface area contributed by atoms with Gasteiger partial charge in [-0.25, -0.2) is 0 Å². The average Bonchev–Trinajstić information content (AvgIpc) is 0.790. The van der Waals surface area contributed by atoms with Gasteiger partial charge in [0.05, 0.1) is 52.5 Å². The quantitative estimate of drug-likeness (QED) is 0.0159. The number of nitrogens with one attached hydrogen (secondary N) is 2. The Kier molecular flexibility index (Phi) is 61.4. The lowest BCUT2D eigenvalue weighted by Crippen LogP contribution is -2.67. The minimum absolute atomic E-state index is 0.188. The first kappa shape index (κ1) is 97.7. The molecule has 0 aromatic carbocycles. The number of aliphatic hydroxyl groups excluding tert-OH is 6. The molecule has 2 rings (SSSR count). The van der Waals surface area contributed by atoms with Crippen molar-refractivity contribution in [3.8, 4) is 0 Å². The molecule has 8 N–H and O–H groups in total. The number of phosphoric acid groups is 1. The molecule has 2 fully saturated rings. The molecule has 0 radical (unpaired) electrons. The Morgan fingerprint density at radius 2 is 0.740 bits per heavy atom. The maximum Gasteiger partial charge on any atom is 0.308 e. The Bertz CT molecular complexity index is 2100. The van der Waals surface area contributed by atoms with Gasteiger partial charge < -0.3 is 83.8 Å². The number of amides is 2. The number of unbranched alkanes of at least 4 members (excludes halogenated alkanes) is 48. The van der Waals surface area contributed by atoms with E-state index < -0.39 is 137 Å². The highest BCUT2D eigenvalue weighted by molar-refractivity contribution is 7.43. The predicted molar refractivity (Wildman–Crippen MR) is 408 cm³/mol. The van der Waals surface area contributed by atoms with Crippen molar-refractivity contribution in [1.82, 2.24) is 10.6 Å². The van der Waals surface area contributed by atoms with Crippen LogP contribution in [0.15, 0.2) is 0 Å². The van der Waals surface area contributed by atoms with Gasteiger partial charge in [-0.1, -0.05) is 349 Å². The van der Waals surface area contributed by atoms with Crippen LogP contribution in [0.1, 0.15) is 407 Å². The van der Waals surface area contributed by atoms with Crippen LogP contribution in [0.25, 0.3) is 0 Å². The van der Waals surface area contributed by atoms with Gasteiger partial charge in [-0.3, -0.25) is 19.2 Å². The summed E-state index contributed by atoms with van der Waals surface area (Å²) in [6.07, 6.45) is 40.7. The molecule has 0 unspecified atom stereocenters. The van der Waals surface area contributed by atoms with E-state index in [0.717, 1.165) is 96.3 Å². The molecule has 0 aliphatic carbocycles. The molecule has 2 saturated heterocycles. The van der Waals surface area contributed by atoms with Crippen molar-refractivity contribution >= 4 is 31.6 Å². The summed E-state index contributed by atoms with van der Waals surface area (Å²) in [4.78, 5) is 80.3. The number of phosphoric ester groups is 1. The number of carbonyl (C=O) groups excluding carboxylic acids is 4. The monoisotopic (exact) mass is 1500 g/mol. The van der Waals surface area contributed by atoms with Crippen LogP contribution in [0.3, 0.4) is 0 Å². The van der Waals surface area contributed by atoms with Crippen LogP contribution in [-0.2, 0) is 52.0 Å². The molecule has 21 nitrogen and oxygen atoms in total. The second-order valence-corrected chi connectivity index (χ2v) is 32.0. The Morgan fingerprint density at radius 1 is 0.404 bits per heavy atom. The lowest BCUT2D eigenvalue weighted by Gasteiger charge is -2.47. The van der Waals surface area contributed by atoms with Gasteiger partial charge in [0.25, 0.3) is 0 Å². The number of ether oxygens (including phenoxy) is 5. The third kappa shape index (κ3) is 51.2. The molecule has 614 valence electrons. The van der Waals surface area contributed by atoms with Crippen LogP contribution in [0, 0.1) is 0 Å². The van der Waals surface area contributed by atoms with Crippen molar-refractivity contribution in [3.05, 3.63) is 0 Å². The summed E-state index contributed by atoms with van der Waals surface area (Å²) in [5.74, 6) is -3.05. The highest BCUT2D eigenvalue weighted by Gasteiger charge is 2.51. The summed E-state index contributed by atoms with van der Waals surface area (Å²) >= 11 is 0. The molecular formula is C82H155N2O19P-2. The lowest BCUT2D eigenvalue weighted by atomic mass is 9.95. The van der Waals surface area contributed by atoms with Crippen molar-refractivity contribution in [3.63, 3.8) is 0 Å². The molecule has 22 heteroatoms. The summed E-state index contributed by atoms with van der Waals surface area (Å²) in [7, 11) is -6.02. The van der Waals surface area contributed by atoms with Gasteiger partial charge in [0.2, 0.25) is 11.8 Å². The second kappa shape index (κ2) is 65.4. The summed E-state index contributed by atoms with van der Waals surface area (Å²) in [5.41, 5.74) is 0. The maximum atomic E-state index is 14.2. The van der Waals surface area contributed by atoms with Gasteiger partial charge in [-0.15, -0.1) is 0 Å². The first-order valence-electron chi connectivity index (χ1n) is 43.0. The van der Waals surface area contributed by atoms with Gasteiger partial charge in [0, 0.05) is 6.42 Å². The largest absolute Gasteiger partial charge is 0.790 e. The molecule has 2 heterocycles. The topological polar surface area (TPSA) is 332 Å². The zero-order chi connectivity index (χ0) is 76.1. The third-order valence-electron chi connectivity index (χ3n) is 21.1. The summed E-state index contributed by atoms with van der Waals surface area (Å²) in [6, 6.07) is -3.47. The number of rotatable bonds is 72. The minimum Gasteiger partial charge on any atom is -0.790 e. The Balaban J connectivity index is 2.27. The highest BCUT2D eigenvalue weighted by atomic mass is 31.2. The van der Waals surface area contributed by atoms with Gasteiger partial charge in [0.1, 0.15) is 48.7 Å². The fourth-order valence-corrected chi connectivity index (χ4v) is 15.0. The van der Waals surface area contributed by atoms with Crippen LogP contribution in [0.2, 0.25) is 0 Å². The zero-order valence-corrected chi connectivity index (χ0v) is 67.0. The lowest BCUT2D eigenvalue weighted by molar-refractivity contribution is -0.364. The van der Waals surface area contributed by atoms with Crippen LogP contribution in [0.5, 0.6) is 0 Å². The molecule has 104 heavy (non-hydrogen) atoms. The first-order chi connectivity index (χ1) is 50.4. The molecule has 0 aromatic heterocycles. The van der Waals surface area contributed by atoms with Crippen molar-refractivity contribution in [2.24, 2.45) is 0 Å². The van der Waals surface area contributed by atoms with E-state index in [1.54, 1.807) is 0 Å². The van der Waals surface area contributed by atoms with Crippen LogP contribution < -0.4 is 20.4 Å². The molecule has 0 spiro atoms. The third-order valence-corrected chi connectivity index (χ3v) is 21.5. The zero-order valence-electron chi connectivity index (χ0n) is 66.1. The second-order valence-electron chi connectivity index (χ2n) is 30.9. The summed E-state index contributed by atoms with van der Waals surface area (Å²) < 4.78 is 47.1. The molecule has 0 aromatic rings. The normalized spacial score (nSPS) is 21.6. The van der Waals surface area contributed by atoms with E-state index in [0.29, 0.717) is 32.1 Å². The number of hydrogen-bond donors (Lipinski definition) is 8. The standard InChI is InChI=1S/C82H157N2O19P/c1-5-9-13-17-21-25-29-33-37-41-45-49-53-57-66(86)61-71(88)84-76-80(102-74(91)62-67(87)58-54-50-46-42-38-34-30-26-22-18-14-10-6-2)78(93)70(101-82(76)103-104(95,96)97)65-98-81-75(79(94)77(92)69(64-85)100-81)83-72(89)63-68(59-55-51-47-43-39-35-31-27-23-19-15-11-7-3)99-73(90)60-56-52-48-44-40-36-32-28-24-20-16-12-8-4/h66-70,75-82,85-87,92-94H,5-65H2,1-4H3,(H,83,89)(H,84,88)(H2,95,96,97)/p-2/t66-,67-,68-,69-,70-,75-,76-,77-,78-,79-,80-,81-,82-/m1/s1. The minimum atomic E-state index is -6.02. The average molecular weight is 1500 g/mol. The highest BCUT2D eigenvalue weighted by Crippen LogP contribution is 2.36. The fourth-order valence-electron chi connectivity index (χ4n) is 14.6. The molecule has 2 amide bonds.